The highest BCUT2D eigenvalue weighted by Gasteiger charge is 2.34. The molecule has 3 N–H and O–H groups in total. The maximum absolute atomic E-state index is 13.0. The average Bonchev–Trinajstić information content (AvgIpc) is 3.78. The van der Waals surface area contributed by atoms with Crippen molar-refractivity contribution in [1.82, 2.24) is 15.2 Å². The first kappa shape index (κ1) is 25.2. The van der Waals surface area contributed by atoms with Crippen LogP contribution in [0.15, 0.2) is 60.8 Å². The molecule has 1 saturated heterocycles. The lowest BCUT2D eigenvalue weighted by atomic mass is 9.97. The number of benzene rings is 2. The number of aromatic nitrogens is 1. The van der Waals surface area contributed by atoms with Gasteiger partial charge in [-0.2, -0.15) is 0 Å². The summed E-state index contributed by atoms with van der Waals surface area (Å²) in [6.07, 6.45) is 3.73. The van der Waals surface area contributed by atoms with E-state index < -0.39 is 0 Å². The fourth-order valence-corrected chi connectivity index (χ4v) is 4.99. The third-order valence-corrected chi connectivity index (χ3v) is 7.46. The Morgan fingerprint density at radius 3 is 2.46 bits per heavy atom. The number of anilines is 1. The summed E-state index contributed by atoms with van der Waals surface area (Å²) in [5.41, 5.74) is 11.3. The molecule has 2 amide bonds. The Morgan fingerprint density at radius 2 is 1.78 bits per heavy atom. The average molecular weight is 518 g/mol. The van der Waals surface area contributed by atoms with Crippen molar-refractivity contribution in [2.75, 3.05) is 31.1 Å². The monoisotopic (exact) mass is 517 g/mol. The number of pyridine rings is 1. The van der Waals surface area contributed by atoms with Crippen LogP contribution in [0.3, 0.4) is 0 Å². The Morgan fingerprint density at radius 1 is 1.05 bits per heavy atom. The summed E-state index contributed by atoms with van der Waals surface area (Å²) in [5, 5.41) is 3.73. The highest BCUT2D eigenvalue weighted by atomic mass is 35.5. The molecule has 2 aromatic carbocycles. The van der Waals surface area contributed by atoms with Gasteiger partial charge < -0.3 is 20.9 Å². The summed E-state index contributed by atoms with van der Waals surface area (Å²) in [7, 11) is 0. The third kappa shape index (κ3) is 5.78. The van der Waals surface area contributed by atoms with E-state index in [0.29, 0.717) is 36.3 Å². The molecule has 5 rings (SSSR count). The maximum atomic E-state index is 13.0. The van der Waals surface area contributed by atoms with Gasteiger partial charge in [-0.15, -0.1) is 0 Å². The fourth-order valence-electron chi connectivity index (χ4n) is 4.81. The Kier molecular flexibility index (Phi) is 7.44. The molecular formula is C29H32ClN5O2. The van der Waals surface area contributed by atoms with Gasteiger partial charge >= 0.3 is 0 Å². The molecule has 3 aromatic rings. The second-order valence-electron chi connectivity index (χ2n) is 9.81. The number of amides is 2. The summed E-state index contributed by atoms with van der Waals surface area (Å²) < 4.78 is 0. The fraction of sp³-hybridized carbons (Fsp3) is 0.345. The minimum Gasteiger partial charge on any atom is -0.368 e. The van der Waals surface area contributed by atoms with E-state index in [4.69, 9.17) is 17.3 Å². The Balaban J connectivity index is 1.21. The summed E-state index contributed by atoms with van der Waals surface area (Å²) in [4.78, 5) is 33.8. The maximum Gasteiger partial charge on any atom is 0.270 e. The van der Waals surface area contributed by atoms with Gasteiger partial charge in [0, 0.05) is 55.5 Å². The van der Waals surface area contributed by atoms with Crippen LogP contribution in [0.25, 0.3) is 11.1 Å². The normalized spacial score (nSPS) is 16.4. The number of hydrogen-bond donors (Lipinski definition) is 2. The number of carbonyl (C=O) groups excluding carboxylic acids is 2. The second-order valence-corrected chi connectivity index (χ2v) is 10.2. The van der Waals surface area contributed by atoms with Crippen LogP contribution in [0.5, 0.6) is 0 Å². The van der Waals surface area contributed by atoms with Crippen molar-refractivity contribution >= 4 is 29.1 Å². The lowest BCUT2D eigenvalue weighted by molar-refractivity contribution is -0.132. The number of nitrogens with one attached hydrogen (secondary N) is 1. The quantitative estimate of drug-likeness (QED) is 0.484. The molecule has 37 heavy (non-hydrogen) atoms. The van der Waals surface area contributed by atoms with Crippen LogP contribution in [0.1, 0.15) is 47.4 Å². The van der Waals surface area contributed by atoms with E-state index in [1.54, 1.807) is 6.20 Å². The van der Waals surface area contributed by atoms with Gasteiger partial charge in [0.25, 0.3) is 5.91 Å². The SMILES string of the molecule is C[C@@H](NC(=O)c1cc(N2CCN(C(=O)C3CC3)CC2)ccn1)c1ccc(-c2cc(Cl)ccc2CN)cc1. The van der Waals surface area contributed by atoms with Crippen molar-refractivity contribution in [2.45, 2.75) is 32.4 Å². The van der Waals surface area contributed by atoms with Crippen LogP contribution in [0.2, 0.25) is 5.02 Å². The first-order valence-corrected chi connectivity index (χ1v) is 13.2. The number of nitrogens with two attached hydrogens (primary N) is 1. The largest absolute Gasteiger partial charge is 0.368 e. The molecule has 8 heteroatoms. The van der Waals surface area contributed by atoms with Gasteiger partial charge in [0.2, 0.25) is 5.91 Å². The number of piperazine rings is 1. The zero-order valence-electron chi connectivity index (χ0n) is 21.0. The molecule has 1 aliphatic carbocycles. The van der Waals surface area contributed by atoms with Crippen LogP contribution in [-0.4, -0.2) is 47.9 Å². The van der Waals surface area contributed by atoms with Crippen molar-refractivity contribution < 1.29 is 9.59 Å². The lowest BCUT2D eigenvalue weighted by Crippen LogP contribution is -2.49. The van der Waals surface area contributed by atoms with Gasteiger partial charge in [0.15, 0.2) is 0 Å². The number of hydrogen-bond acceptors (Lipinski definition) is 5. The van der Waals surface area contributed by atoms with Crippen LogP contribution in [0, 0.1) is 5.92 Å². The number of halogens is 1. The first-order chi connectivity index (χ1) is 17.9. The molecule has 1 saturated carbocycles. The highest BCUT2D eigenvalue weighted by molar-refractivity contribution is 6.30. The van der Waals surface area contributed by atoms with Crippen LogP contribution in [-0.2, 0) is 11.3 Å². The molecule has 0 spiro atoms. The van der Waals surface area contributed by atoms with E-state index in [-0.39, 0.29) is 17.9 Å². The minimum atomic E-state index is -0.221. The van der Waals surface area contributed by atoms with Gasteiger partial charge in [-0.3, -0.25) is 14.6 Å². The van der Waals surface area contributed by atoms with E-state index in [2.05, 4.69) is 15.2 Å². The standard InChI is InChI=1S/C29H32ClN5O2/c1-19(20-2-4-21(5-3-20)26-16-24(30)9-8-23(26)18-31)33-28(36)27-17-25(10-11-32-27)34-12-14-35(15-13-34)29(37)22-6-7-22/h2-5,8-11,16-17,19,22H,6-7,12-15,18,31H2,1H3,(H,33,36)/t19-/m1/s1. The smallest absolute Gasteiger partial charge is 0.270 e. The summed E-state index contributed by atoms with van der Waals surface area (Å²) in [5.74, 6) is 0.325. The van der Waals surface area contributed by atoms with Gasteiger partial charge in [-0.05, 0) is 66.3 Å². The van der Waals surface area contributed by atoms with Crippen LogP contribution >= 0.6 is 11.6 Å². The van der Waals surface area contributed by atoms with E-state index in [0.717, 1.165) is 53.9 Å². The number of rotatable bonds is 7. The third-order valence-electron chi connectivity index (χ3n) is 7.22. The van der Waals surface area contributed by atoms with Gasteiger partial charge in [0.1, 0.15) is 5.69 Å². The number of nitrogens with zero attached hydrogens (tertiary/aromatic N) is 3. The molecule has 1 aromatic heterocycles. The van der Waals surface area contributed by atoms with E-state index in [1.165, 1.54) is 0 Å². The zero-order valence-corrected chi connectivity index (χ0v) is 21.7. The van der Waals surface area contributed by atoms with Crippen molar-refractivity contribution in [3.8, 4) is 11.1 Å². The van der Waals surface area contributed by atoms with Crippen molar-refractivity contribution in [2.24, 2.45) is 11.7 Å². The van der Waals surface area contributed by atoms with Crippen molar-refractivity contribution in [3.63, 3.8) is 0 Å². The van der Waals surface area contributed by atoms with Crippen LogP contribution < -0.4 is 16.0 Å². The molecule has 1 atom stereocenters. The van der Waals surface area contributed by atoms with Gasteiger partial charge in [-0.25, -0.2) is 0 Å². The highest BCUT2D eigenvalue weighted by Crippen LogP contribution is 2.32. The van der Waals surface area contributed by atoms with E-state index in [9.17, 15) is 9.59 Å². The topological polar surface area (TPSA) is 91.6 Å². The number of carbonyl (C=O) groups is 2. The molecular weight excluding hydrogens is 486 g/mol. The Hall–Kier alpha value is -3.42. The van der Waals surface area contributed by atoms with Crippen molar-refractivity contribution in [3.05, 3.63) is 82.6 Å². The summed E-state index contributed by atoms with van der Waals surface area (Å²) in [6.45, 7) is 5.33. The predicted molar refractivity (Wildman–Crippen MR) is 146 cm³/mol. The zero-order chi connectivity index (χ0) is 25.9. The molecule has 2 fully saturated rings. The second kappa shape index (κ2) is 10.9. The van der Waals surface area contributed by atoms with Gasteiger partial charge in [-0.1, -0.05) is 41.9 Å². The Bertz CT molecular complexity index is 1280. The molecule has 0 radical (unpaired) electrons. The lowest BCUT2D eigenvalue weighted by Gasteiger charge is -2.36. The Labute approximate surface area is 222 Å². The molecule has 0 bridgehead atoms. The summed E-state index contributed by atoms with van der Waals surface area (Å²) in [6, 6.07) is 17.3. The molecule has 2 heterocycles. The molecule has 0 unspecified atom stereocenters. The summed E-state index contributed by atoms with van der Waals surface area (Å²) >= 11 is 6.20. The molecule has 1 aliphatic heterocycles. The molecule has 192 valence electrons. The minimum absolute atomic E-state index is 0.197. The van der Waals surface area contributed by atoms with E-state index in [1.807, 2.05) is 66.4 Å². The van der Waals surface area contributed by atoms with Crippen molar-refractivity contribution in [1.29, 1.82) is 0 Å². The first-order valence-electron chi connectivity index (χ1n) is 12.8. The molecule has 7 nitrogen and oxygen atoms in total. The van der Waals surface area contributed by atoms with E-state index >= 15 is 0 Å². The van der Waals surface area contributed by atoms with Crippen LogP contribution in [0.4, 0.5) is 5.69 Å². The molecule has 2 aliphatic rings. The van der Waals surface area contributed by atoms with Gasteiger partial charge in [0.05, 0.1) is 6.04 Å². The predicted octanol–water partition coefficient (Wildman–Crippen LogP) is 4.41.